The molecule has 0 saturated carbocycles. The highest BCUT2D eigenvalue weighted by atomic mass is 32.2. The number of nitro groups is 1. The van der Waals surface area contributed by atoms with Crippen LogP contribution in [0.5, 0.6) is 0 Å². The van der Waals surface area contributed by atoms with E-state index in [4.69, 9.17) is 0 Å². The van der Waals surface area contributed by atoms with Crippen molar-refractivity contribution in [3.05, 3.63) is 64.0 Å². The van der Waals surface area contributed by atoms with Crippen molar-refractivity contribution < 1.29 is 13.3 Å². The Morgan fingerprint density at radius 3 is 2.57 bits per heavy atom. The molecule has 1 aromatic carbocycles. The van der Waals surface area contributed by atoms with Crippen molar-refractivity contribution in [3.8, 4) is 0 Å². The number of nitrogens with zero attached hydrogens (tertiary/aromatic N) is 3. The summed E-state index contributed by atoms with van der Waals surface area (Å²) < 4.78 is 26.7. The van der Waals surface area contributed by atoms with Crippen LogP contribution in [-0.2, 0) is 10.0 Å². The van der Waals surface area contributed by atoms with E-state index in [1.54, 1.807) is 6.20 Å². The fraction of sp³-hybridized carbons (Fsp3) is 0.267. The lowest BCUT2D eigenvalue weighted by molar-refractivity contribution is -0.385. The Labute approximate surface area is 133 Å². The zero-order valence-electron chi connectivity index (χ0n) is 12.4. The van der Waals surface area contributed by atoms with Gasteiger partial charge in [-0.25, -0.2) is 8.42 Å². The number of rotatable bonds is 4. The van der Waals surface area contributed by atoms with Crippen LogP contribution in [0.25, 0.3) is 0 Å². The highest BCUT2D eigenvalue weighted by Gasteiger charge is 2.39. The van der Waals surface area contributed by atoms with Crippen molar-refractivity contribution in [1.82, 2.24) is 9.29 Å². The van der Waals surface area contributed by atoms with E-state index >= 15 is 0 Å². The fourth-order valence-electron chi connectivity index (χ4n) is 2.66. The van der Waals surface area contributed by atoms with E-state index in [-0.39, 0.29) is 22.1 Å². The normalized spacial score (nSPS) is 16.0. The molecule has 1 fully saturated rings. The smallest absolute Gasteiger partial charge is 0.261 e. The van der Waals surface area contributed by atoms with Gasteiger partial charge in [0, 0.05) is 42.5 Å². The van der Waals surface area contributed by atoms with Crippen LogP contribution in [0.1, 0.15) is 17.2 Å². The van der Waals surface area contributed by atoms with Gasteiger partial charge in [0.25, 0.3) is 5.69 Å². The van der Waals surface area contributed by atoms with Crippen LogP contribution in [0.15, 0.2) is 47.5 Å². The van der Waals surface area contributed by atoms with Crippen LogP contribution >= 0.6 is 0 Å². The van der Waals surface area contributed by atoms with E-state index in [2.05, 4.69) is 4.98 Å². The number of pyridine rings is 1. The summed E-state index contributed by atoms with van der Waals surface area (Å²) >= 11 is 0. The predicted molar refractivity (Wildman–Crippen MR) is 83.6 cm³/mol. The number of nitro benzene ring substituents is 1. The van der Waals surface area contributed by atoms with Gasteiger partial charge in [-0.05, 0) is 25.1 Å². The molecule has 2 aromatic rings. The second-order valence-corrected chi connectivity index (χ2v) is 7.34. The summed E-state index contributed by atoms with van der Waals surface area (Å²) in [6.45, 7) is 2.13. The molecule has 0 N–H and O–H groups in total. The van der Waals surface area contributed by atoms with Crippen LogP contribution < -0.4 is 0 Å². The topological polar surface area (TPSA) is 93.4 Å². The average Bonchev–Trinajstić information content (AvgIpc) is 2.46. The maximum Gasteiger partial charge on any atom is 0.273 e. The zero-order chi connectivity index (χ0) is 16.6. The lowest BCUT2D eigenvalue weighted by Gasteiger charge is -2.37. The Hall–Kier alpha value is -2.32. The van der Waals surface area contributed by atoms with Crippen LogP contribution in [0, 0.1) is 17.0 Å². The number of hydrogen-bond donors (Lipinski definition) is 0. The number of sulfonamides is 1. The van der Waals surface area contributed by atoms with Gasteiger partial charge in [-0.2, -0.15) is 4.31 Å². The maximum absolute atomic E-state index is 12.7. The maximum atomic E-state index is 12.7. The molecule has 23 heavy (non-hydrogen) atoms. The summed E-state index contributed by atoms with van der Waals surface area (Å²) in [6.07, 6.45) is 1.68. The minimum Gasteiger partial charge on any atom is -0.261 e. The van der Waals surface area contributed by atoms with Crippen LogP contribution in [0.2, 0.25) is 0 Å². The molecule has 2 heterocycles. The van der Waals surface area contributed by atoms with Gasteiger partial charge in [0.2, 0.25) is 10.0 Å². The summed E-state index contributed by atoms with van der Waals surface area (Å²) in [5.74, 6) is 0.0602. The zero-order valence-corrected chi connectivity index (χ0v) is 13.2. The van der Waals surface area contributed by atoms with Crippen molar-refractivity contribution in [3.63, 3.8) is 0 Å². The van der Waals surface area contributed by atoms with Crippen LogP contribution in [-0.4, -0.2) is 35.7 Å². The highest BCUT2D eigenvalue weighted by molar-refractivity contribution is 7.89. The SMILES string of the molecule is Cc1c([N+](=O)[O-])cccc1S(=O)(=O)N1CC(c2ccccn2)C1. The van der Waals surface area contributed by atoms with Gasteiger partial charge in [0.15, 0.2) is 0 Å². The highest BCUT2D eigenvalue weighted by Crippen LogP contribution is 2.33. The van der Waals surface area contributed by atoms with E-state index < -0.39 is 14.9 Å². The van der Waals surface area contributed by atoms with Crippen molar-refractivity contribution in [2.45, 2.75) is 17.7 Å². The van der Waals surface area contributed by atoms with Crippen molar-refractivity contribution >= 4 is 15.7 Å². The third-order valence-electron chi connectivity index (χ3n) is 4.02. The summed E-state index contributed by atoms with van der Waals surface area (Å²) in [7, 11) is -3.73. The van der Waals surface area contributed by atoms with Gasteiger partial charge in [0.05, 0.1) is 9.82 Å². The lowest BCUT2D eigenvalue weighted by atomic mass is 9.99. The third kappa shape index (κ3) is 2.71. The average molecular weight is 333 g/mol. The standard InChI is InChI=1S/C15H15N3O4S/c1-11-14(18(19)20)6-4-7-15(11)23(21,22)17-9-12(10-17)13-5-2-3-8-16-13/h2-8,12H,9-10H2,1H3. The summed E-state index contributed by atoms with van der Waals surface area (Å²) in [5, 5.41) is 11.0. The summed E-state index contributed by atoms with van der Waals surface area (Å²) in [4.78, 5) is 14.6. The van der Waals surface area contributed by atoms with Crippen molar-refractivity contribution in [2.24, 2.45) is 0 Å². The Kier molecular flexibility index (Phi) is 3.87. The second-order valence-electron chi connectivity index (χ2n) is 5.43. The molecule has 0 bridgehead atoms. The first-order valence-corrected chi connectivity index (χ1v) is 8.50. The van der Waals surface area contributed by atoms with E-state index in [1.165, 1.54) is 29.4 Å². The van der Waals surface area contributed by atoms with Crippen molar-refractivity contribution in [1.29, 1.82) is 0 Å². The fourth-order valence-corrected chi connectivity index (χ4v) is 4.43. The molecule has 1 aliphatic heterocycles. The van der Waals surface area contributed by atoms with Gasteiger partial charge in [-0.1, -0.05) is 12.1 Å². The van der Waals surface area contributed by atoms with Gasteiger partial charge >= 0.3 is 0 Å². The molecule has 0 aliphatic carbocycles. The van der Waals surface area contributed by atoms with E-state index in [1.807, 2.05) is 18.2 Å². The molecule has 8 heteroatoms. The molecule has 7 nitrogen and oxygen atoms in total. The summed E-state index contributed by atoms with van der Waals surface area (Å²) in [6, 6.07) is 9.65. The van der Waals surface area contributed by atoms with Gasteiger partial charge in [-0.15, -0.1) is 0 Å². The molecule has 0 unspecified atom stereocenters. The Balaban J connectivity index is 1.85. The molecule has 0 atom stereocenters. The monoisotopic (exact) mass is 333 g/mol. The Bertz CT molecular complexity index is 846. The first-order chi connectivity index (χ1) is 10.9. The van der Waals surface area contributed by atoms with E-state index in [0.717, 1.165) is 5.69 Å². The first-order valence-electron chi connectivity index (χ1n) is 7.06. The largest absolute Gasteiger partial charge is 0.273 e. The van der Waals surface area contributed by atoms with E-state index in [0.29, 0.717) is 13.1 Å². The lowest BCUT2D eigenvalue weighted by Crippen LogP contribution is -2.48. The third-order valence-corrected chi connectivity index (χ3v) is 6.00. The molecule has 1 saturated heterocycles. The number of benzene rings is 1. The minimum atomic E-state index is -3.73. The molecule has 0 radical (unpaired) electrons. The molecule has 3 rings (SSSR count). The molecule has 120 valence electrons. The van der Waals surface area contributed by atoms with Gasteiger partial charge in [-0.3, -0.25) is 15.1 Å². The van der Waals surface area contributed by atoms with Gasteiger partial charge < -0.3 is 0 Å². The predicted octanol–water partition coefficient (Wildman–Crippen LogP) is 2.09. The molecule has 0 spiro atoms. The first kappa shape index (κ1) is 15.6. The number of hydrogen-bond acceptors (Lipinski definition) is 5. The molecule has 0 amide bonds. The van der Waals surface area contributed by atoms with Gasteiger partial charge in [0.1, 0.15) is 0 Å². The van der Waals surface area contributed by atoms with Crippen LogP contribution in [0.3, 0.4) is 0 Å². The number of aromatic nitrogens is 1. The quantitative estimate of drug-likeness (QED) is 0.631. The minimum absolute atomic E-state index is 0.00818. The summed E-state index contributed by atoms with van der Waals surface area (Å²) in [5.41, 5.74) is 0.835. The van der Waals surface area contributed by atoms with Crippen molar-refractivity contribution in [2.75, 3.05) is 13.1 Å². The molecular formula is C15H15N3O4S. The molecule has 1 aromatic heterocycles. The van der Waals surface area contributed by atoms with E-state index in [9.17, 15) is 18.5 Å². The van der Waals surface area contributed by atoms with Crippen LogP contribution in [0.4, 0.5) is 5.69 Å². The molecule has 1 aliphatic rings. The Morgan fingerprint density at radius 2 is 1.96 bits per heavy atom. The molecular weight excluding hydrogens is 318 g/mol. The Morgan fingerprint density at radius 1 is 1.22 bits per heavy atom. The second kappa shape index (κ2) is 5.71.